The number of pyridine rings is 1. The highest BCUT2D eigenvalue weighted by molar-refractivity contribution is 7.83. The molecular formula is C10H13FN4O3S. The predicted molar refractivity (Wildman–Crippen MR) is 66.4 cm³/mol. The quantitative estimate of drug-likeness (QED) is 0.801. The molecule has 0 atom stereocenters. The number of anilines is 1. The van der Waals surface area contributed by atoms with Crippen LogP contribution in [0.3, 0.4) is 0 Å². The van der Waals surface area contributed by atoms with Gasteiger partial charge in [-0.05, 0) is 12.1 Å². The number of aromatic nitrogens is 1. The van der Waals surface area contributed by atoms with Gasteiger partial charge in [-0.1, -0.05) is 3.89 Å². The molecule has 1 aliphatic heterocycles. The summed E-state index contributed by atoms with van der Waals surface area (Å²) in [6.07, 6.45) is 3.08. The van der Waals surface area contributed by atoms with Crippen molar-refractivity contribution in [1.29, 1.82) is 0 Å². The van der Waals surface area contributed by atoms with Gasteiger partial charge in [-0.2, -0.15) is 12.7 Å². The standard InChI is InChI=1S/C10H13FN4O3S/c11-19(17,18)15-6-4-14(5-7-15)10(16)13-9-2-1-3-12-8-9/h1-3,8H,4-7H2,(H,13,16). The van der Waals surface area contributed by atoms with Crippen LogP contribution in [0.5, 0.6) is 0 Å². The molecule has 2 heterocycles. The van der Waals surface area contributed by atoms with Gasteiger partial charge in [0.1, 0.15) is 0 Å². The zero-order chi connectivity index (χ0) is 13.9. The second-order valence-corrected chi connectivity index (χ2v) is 5.34. The van der Waals surface area contributed by atoms with Gasteiger partial charge in [-0.25, -0.2) is 4.79 Å². The summed E-state index contributed by atoms with van der Waals surface area (Å²) in [5, 5.41) is 2.63. The van der Waals surface area contributed by atoms with E-state index in [0.717, 1.165) is 0 Å². The van der Waals surface area contributed by atoms with E-state index in [1.165, 1.54) is 11.1 Å². The lowest BCUT2D eigenvalue weighted by atomic mass is 10.4. The summed E-state index contributed by atoms with van der Waals surface area (Å²) in [6.45, 7) is 0.211. The monoisotopic (exact) mass is 288 g/mol. The van der Waals surface area contributed by atoms with Crippen LogP contribution in [-0.4, -0.2) is 54.8 Å². The maximum atomic E-state index is 12.7. The first-order valence-corrected chi connectivity index (χ1v) is 6.96. The molecule has 19 heavy (non-hydrogen) atoms. The zero-order valence-corrected chi connectivity index (χ0v) is 10.8. The summed E-state index contributed by atoms with van der Waals surface area (Å²) in [6, 6.07) is 3.01. The van der Waals surface area contributed by atoms with E-state index >= 15 is 0 Å². The number of hydrogen-bond acceptors (Lipinski definition) is 4. The Balaban J connectivity index is 1.90. The molecular weight excluding hydrogens is 275 g/mol. The topological polar surface area (TPSA) is 82.6 Å². The number of amides is 2. The number of carbonyl (C=O) groups excluding carboxylic acids is 1. The molecule has 1 fully saturated rings. The van der Waals surface area contributed by atoms with Crippen molar-refractivity contribution in [3.63, 3.8) is 0 Å². The van der Waals surface area contributed by atoms with Gasteiger partial charge in [-0.3, -0.25) is 4.98 Å². The minimum Gasteiger partial charge on any atom is -0.322 e. The Bertz CT molecular complexity index is 543. The first-order chi connectivity index (χ1) is 8.97. The van der Waals surface area contributed by atoms with E-state index in [9.17, 15) is 17.1 Å². The third-order valence-corrected chi connectivity index (χ3v) is 3.73. The van der Waals surface area contributed by atoms with Crippen LogP contribution in [0.4, 0.5) is 14.4 Å². The fourth-order valence-electron chi connectivity index (χ4n) is 1.75. The van der Waals surface area contributed by atoms with Crippen molar-refractivity contribution in [2.45, 2.75) is 0 Å². The van der Waals surface area contributed by atoms with Crippen LogP contribution >= 0.6 is 0 Å². The molecule has 0 aromatic carbocycles. The summed E-state index contributed by atoms with van der Waals surface area (Å²) < 4.78 is 34.8. The van der Waals surface area contributed by atoms with E-state index in [0.29, 0.717) is 9.99 Å². The third kappa shape index (κ3) is 3.61. The van der Waals surface area contributed by atoms with Crippen LogP contribution < -0.4 is 5.32 Å². The van der Waals surface area contributed by atoms with Crippen molar-refractivity contribution in [2.24, 2.45) is 0 Å². The molecule has 0 radical (unpaired) electrons. The van der Waals surface area contributed by atoms with Gasteiger partial charge in [0.15, 0.2) is 0 Å². The van der Waals surface area contributed by atoms with Gasteiger partial charge in [0.2, 0.25) is 0 Å². The second kappa shape index (κ2) is 5.49. The van der Waals surface area contributed by atoms with Crippen molar-refractivity contribution < 1.29 is 17.1 Å². The van der Waals surface area contributed by atoms with Crippen molar-refractivity contribution >= 4 is 22.1 Å². The smallest absolute Gasteiger partial charge is 0.322 e. The normalized spacial score (nSPS) is 17.2. The van der Waals surface area contributed by atoms with E-state index in [1.54, 1.807) is 18.3 Å². The van der Waals surface area contributed by atoms with Crippen LogP contribution in [0.2, 0.25) is 0 Å². The van der Waals surface area contributed by atoms with Crippen molar-refractivity contribution in [2.75, 3.05) is 31.5 Å². The van der Waals surface area contributed by atoms with Gasteiger partial charge in [-0.15, -0.1) is 0 Å². The molecule has 0 unspecified atom stereocenters. The Morgan fingerprint density at radius 2 is 2.00 bits per heavy atom. The molecule has 2 amide bonds. The molecule has 104 valence electrons. The number of urea groups is 1. The van der Waals surface area contributed by atoms with E-state index in [2.05, 4.69) is 10.3 Å². The number of halogens is 1. The van der Waals surface area contributed by atoms with Gasteiger partial charge < -0.3 is 10.2 Å². The summed E-state index contributed by atoms with van der Waals surface area (Å²) in [5.41, 5.74) is 0.549. The van der Waals surface area contributed by atoms with E-state index in [-0.39, 0.29) is 32.2 Å². The second-order valence-electron chi connectivity index (χ2n) is 4.00. The molecule has 1 aromatic heterocycles. The van der Waals surface area contributed by atoms with Crippen molar-refractivity contribution in [3.05, 3.63) is 24.5 Å². The average molecular weight is 288 g/mol. The molecule has 1 aliphatic rings. The van der Waals surface area contributed by atoms with Crippen LogP contribution in [-0.2, 0) is 10.4 Å². The Labute approximate surface area is 110 Å². The number of hydrogen-bond donors (Lipinski definition) is 1. The first-order valence-electron chi connectivity index (χ1n) is 5.62. The summed E-state index contributed by atoms with van der Waals surface area (Å²) in [4.78, 5) is 17.1. The molecule has 1 aromatic rings. The van der Waals surface area contributed by atoms with Crippen molar-refractivity contribution in [3.8, 4) is 0 Å². The molecule has 0 saturated carbocycles. The summed E-state index contributed by atoms with van der Waals surface area (Å²) in [7, 11) is -4.67. The fraction of sp³-hybridized carbons (Fsp3) is 0.400. The lowest BCUT2D eigenvalue weighted by molar-refractivity contribution is 0.182. The number of nitrogens with zero attached hydrogens (tertiary/aromatic N) is 3. The SMILES string of the molecule is O=C(Nc1cccnc1)N1CCN(S(=O)(=O)F)CC1. The fourth-order valence-corrected chi connectivity index (χ4v) is 2.35. The van der Waals surface area contributed by atoms with Gasteiger partial charge in [0.25, 0.3) is 0 Å². The maximum Gasteiger partial charge on any atom is 0.374 e. The molecule has 0 aliphatic carbocycles. The zero-order valence-electron chi connectivity index (χ0n) is 9.99. The Kier molecular flexibility index (Phi) is 3.96. The average Bonchev–Trinajstić information content (AvgIpc) is 2.39. The van der Waals surface area contributed by atoms with Gasteiger partial charge >= 0.3 is 16.4 Å². The summed E-state index contributed by atoms with van der Waals surface area (Å²) >= 11 is 0. The van der Waals surface area contributed by atoms with Gasteiger partial charge in [0.05, 0.1) is 11.9 Å². The lowest BCUT2D eigenvalue weighted by Gasteiger charge is -2.31. The summed E-state index contributed by atoms with van der Waals surface area (Å²) in [5.74, 6) is 0. The highest BCUT2D eigenvalue weighted by Gasteiger charge is 2.28. The Hall–Kier alpha value is -1.74. The Morgan fingerprint density at radius 1 is 1.32 bits per heavy atom. The van der Waals surface area contributed by atoms with Crippen LogP contribution in [0, 0.1) is 0 Å². The number of nitrogens with one attached hydrogen (secondary N) is 1. The van der Waals surface area contributed by atoms with E-state index in [4.69, 9.17) is 0 Å². The minimum atomic E-state index is -4.67. The number of rotatable bonds is 2. The minimum absolute atomic E-state index is 0.0424. The van der Waals surface area contributed by atoms with E-state index in [1.807, 2.05) is 0 Å². The van der Waals surface area contributed by atoms with E-state index < -0.39 is 10.4 Å². The maximum absolute atomic E-state index is 12.7. The van der Waals surface area contributed by atoms with Crippen LogP contribution in [0.25, 0.3) is 0 Å². The first kappa shape index (κ1) is 13.7. The van der Waals surface area contributed by atoms with Gasteiger partial charge in [0, 0.05) is 32.4 Å². The highest BCUT2D eigenvalue weighted by atomic mass is 32.3. The highest BCUT2D eigenvalue weighted by Crippen LogP contribution is 2.10. The Morgan fingerprint density at radius 3 is 2.53 bits per heavy atom. The van der Waals surface area contributed by atoms with Crippen LogP contribution in [0.1, 0.15) is 0 Å². The molecule has 2 rings (SSSR count). The predicted octanol–water partition coefficient (Wildman–Crippen LogP) is 0.445. The molecule has 1 saturated heterocycles. The molecule has 7 nitrogen and oxygen atoms in total. The number of carbonyl (C=O) groups is 1. The number of piperazine rings is 1. The van der Waals surface area contributed by atoms with Crippen LogP contribution in [0.15, 0.2) is 24.5 Å². The third-order valence-electron chi connectivity index (χ3n) is 2.75. The molecule has 0 spiro atoms. The lowest BCUT2D eigenvalue weighted by Crippen LogP contribution is -2.50. The molecule has 1 N–H and O–H groups in total. The largest absolute Gasteiger partial charge is 0.374 e. The molecule has 0 bridgehead atoms. The molecule has 9 heteroatoms. The van der Waals surface area contributed by atoms with Crippen molar-refractivity contribution in [1.82, 2.24) is 14.2 Å².